The van der Waals surface area contributed by atoms with Crippen molar-refractivity contribution in [2.75, 3.05) is 0 Å². The Morgan fingerprint density at radius 1 is 1.17 bits per heavy atom. The van der Waals surface area contributed by atoms with Gasteiger partial charge in [-0.1, -0.05) is 29.3 Å². The fraction of sp³-hybridized carbons (Fsp3) is 0.105. The number of aromatic hydroxyl groups is 1. The Bertz CT molecular complexity index is 1090. The first-order valence-corrected chi connectivity index (χ1v) is 9.03. The summed E-state index contributed by atoms with van der Waals surface area (Å²) in [6, 6.07) is 9.85. The van der Waals surface area contributed by atoms with Crippen molar-refractivity contribution in [2.45, 2.75) is 12.5 Å². The van der Waals surface area contributed by atoms with E-state index in [4.69, 9.17) is 23.2 Å². The molecule has 0 aliphatic heterocycles. The first-order chi connectivity index (χ1) is 13.7. The molecule has 1 heterocycles. The minimum Gasteiger partial charge on any atom is -0.493 e. The predicted octanol–water partition coefficient (Wildman–Crippen LogP) is 3.97. The highest BCUT2D eigenvalue weighted by Gasteiger charge is 2.24. The maximum absolute atomic E-state index is 13.4. The van der Waals surface area contributed by atoms with Crippen molar-refractivity contribution in [3.8, 4) is 11.6 Å². The lowest BCUT2D eigenvalue weighted by Crippen LogP contribution is -2.30. The summed E-state index contributed by atoms with van der Waals surface area (Å²) in [7, 11) is 0. The van der Waals surface area contributed by atoms with E-state index in [-0.39, 0.29) is 16.4 Å². The van der Waals surface area contributed by atoms with Gasteiger partial charge in [0.1, 0.15) is 5.82 Å². The van der Waals surface area contributed by atoms with Crippen molar-refractivity contribution >= 4 is 35.1 Å². The highest BCUT2D eigenvalue weighted by molar-refractivity contribution is 6.33. The summed E-state index contributed by atoms with van der Waals surface area (Å²) in [6.07, 6.45) is -0.456. The van der Waals surface area contributed by atoms with Gasteiger partial charge in [-0.3, -0.25) is 9.59 Å². The standard InChI is InChI=1S/C19H14Cl2FN3O4/c20-10-4-5-14(21)13(6-10)15(9-18(27)28)23-19(29)16-8-17(26)25(24-16)12-3-1-2-11(22)7-12/h1-8,15,26H,9H2,(H,23,29)(H,27,28). The van der Waals surface area contributed by atoms with Crippen molar-refractivity contribution in [3.63, 3.8) is 0 Å². The predicted molar refractivity (Wildman–Crippen MR) is 104 cm³/mol. The van der Waals surface area contributed by atoms with Crippen LogP contribution in [0.15, 0.2) is 48.5 Å². The lowest BCUT2D eigenvalue weighted by Gasteiger charge is -2.18. The molecule has 0 aliphatic rings. The summed E-state index contributed by atoms with van der Waals surface area (Å²) >= 11 is 12.1. The molecule has 10 heteroatoms. The lowest BCUT2D eigenvalue weighted by atomic mass is 10.0. The van der Waals surface area contributed by atoms with Crippen molar-refractivity contribution in [1.82, 2.24) is 15.1 Å². The van der Waals surface area contributed by atoms with Gasteiger partial charge >= 0.3 is 5.97 Å². The van der Waals surface area contributed by atoms with Crippen molar-refractivity contribution in [3.05, 3.63) is 75.7 Å². The van der Waals surface area contributed by atoms with Crippen LogP contribution in [-0.2, 0) is 4.79 Å². The molecule has 150 valence electrons. The first-order valence-electron chi connectivity index (χ1n) is 8.27. The Morgan fingerprint density at radius 3 is 2.62 bits per heavy atom. The smallest absolute Gasteiger partial charge is 0.305 e. The number of halogens is 3. The Labute approximate surface area is 174 Å². The van der Waals surface area contributed by atoms with Crippen LogP contribution in [0.1, 0.15) is 28.5 Å². The van der Waals surface area contributed by atoms with Crippen LogP contribution in [0.25, 0.3) is 5.69 Å². The Hall–Kier alpha value is -3.10. The number of amides is 1. The third kappa shape index (κ3) is 4.85. The molecule has 1 amide bonds. The summed E-state index contributed by atoms with van der Waals surface area (Å²) in [5.74, 6) is -2.85. The molecule has 0 spiro atoms. The average Bonchev–Trinajstić information content (AvgIpc) is 3.05. The molecule has 0 aliphatic carbocycles. The Kier molecular flexibility index (Phi) is 6.05. The van der Waals surface area contributed by atoms with Crippen LogP contribution in [0.4, 0.5) is 4.39 Å². The molecule has 0 saturated carbocycles. The third-order valence-electron chi connectivity index (χ3n) is 3.99. The highest BCUT2D eigenvalue weighted by atomic mass is 35.5. The maximum atomic E-state index is 13.4. The van der Waals surface area contributed by atoms with Crippen molar-refractivity contribution < 1.29 is 24.2 Å². The molecule has 3 N–H and O–H groups in total. The van der Waals surface area contributed by atoms with E-state index in [2.05, 4.69) is 10.4 Å². The van der Waals surface area contributed by atoms with E-state index >= 15 is 0 Å². The van der Waals surface area contributed by atoms with Crippen molar-refractivity contribution in [2.24, 2.45) is 0 Å². The number of carbonyl (C=O) groups excluding carboxylic acids is 1. The second-order valence-electron chi connectivity index (χ2n) is 6.07. The van der Waals surface area contributed by atoms with Crippen LogP contribution in [0.2, 0.25) is 10.0 Å². The number of nitrogens with one attached hydrogen (secondary N) is 1. The van der Waals surface area contributed by atoms with Gasteiger partial charge in [0.25, 0.3) is 5.91 Å². The van der Waals surface area contributed by atoms with Gasteiger partial charge in [-0.2, -0.15) is 5.10 Å². The number of carboxylic acids is 1. The zero-order valence-electron chi connectivity index (χ0n) is 14.6. The molecule has 0 saturated heterocycles. The summed E-state index contributed by atoms with van der Waals surface area (Å²) in [5.41, 5.74) is 0.338. The SMILES string of the molecule is O=C(O)CC(NC(=O)c1cc(O)n(-c2cccc(F)c2)n1)c1cc(Cl)ccc1Cl. The lowest BCUT2D eigenvalue weighted by molar-refractivity contribution is -0.137. The quantitative estimate of drug-likeness (QED) is 0.541. The summed E-state index contributed by atoms with van der Waals surface area (Å²) in [6.45, 7) is 0. The monoisotopic (exact) mass is 437 g/mol. The van der Waals surface area contributed by atoms with Gasteiger partial charge in [0.15, 0.2) is 5.69 Å². The number of aromatic nitrogens is 2. The molecular weight excluding hydrogens is 424 g/mol. The number of carboxylic acid groups (broad SMARTS) is 1. The summed E-state index contributed by atoms with van der Waals surface area (Å²) in [5, 5.41) is 26.3. The minimum absolute atomic E-state index is 0.194. The molecule has 0 fully saturated rings. The van der Waals surface area contributed by atoms with Crippen LogP contribution >= 0.6 is 23.2 Å². The van der Waals surface area contributed by atoms with E-state index in [9.17, 15) is 24.2 Å². The van der Waals surface area contributed by atoms with E-state index in [0.717, 1.165) is 16.8 Å². The van der Waals surface area contributed by atoms with Gasteiger partial charge in [-0.05, 0) is 42.0 Å². The number of aliphatic carboxylic acids is 1. The van der Waals surface area contributed by atoms with E-state index in [0.29, 0.717) is 10.6 Å². The normalized spacial score (nSPS) is 11.8. The van der Waals surface area contributed by atoms with Crippen LogP contribution in [-0.4, -0.2) is 31.9 Å². The average molecular weight is 438 g/mol. The molecule has 0 bridgehead atoms. The minimum atomic E-state index is -1.17. The zero-order chi connectivity index (χ0) is 21.1. The van der Waals surface area contributed by atoms with Crippen LogP contribution in [0, 0.1) is 5.82 Å². The molecule has 2 aromatic carbocycles. The molecule has 1 atom stereocenters. The molecular formula is C19H14Cl2FN3O4. The molecule has 0 radical (unpaired) electrons. The molecule has 3 rings (SSSR count). The fourth-order valence-electron chi connectivity index (χ4n) is 2.71. The Morgan fingerprint density at radius 2 is 1.93 bits per heavy atom. The second-order valence-corrected chi connectivity index (χ2v) is 6.91. The second kappa shape index (κ2) is 8.50. The van der Waals surface area contributed by atoms with Crippen molar-refractivity contribution in [1.29, 1.82) is 0 Å². The van der Waals surface area contributed by atoms with Crippen LogP contribution in [0.3, 0.4) is 0 Å². The molecule has 1 unspecified atom stereocenters. The van der Waals surface area contributed by atoms with Gasteiger partial charge in [0, 0.05) is 16.1 Å². The third-order valence-corrected chi connectivity index (χ3v) is 4.57. The number of rotatable bonds is 6. The van der Waals surface area contributed by atoms with E-state index in [1.165, 1.54) is 36.4 Å². The maximum Gasteiger partial charge on any atom is 0.305 e. The fourth-order valence-corrected chi connectivity index (χ4v) is 3.14. The van der Waals surface area contributed by atoms with Gasteiger partial charge in [-0.15, -0.1) is 0 Å². The molecule has 3 aromatic rings. The zero-order valence-corrected chi connectivity index (χ0v) is 16.2. The molecule has 7 nitrogen and oxygen atoms in total. The summed E-state index contributed by atoms with van der Waals surface area (Å²) < 4.78 is 14.4. The topological polar surface area (TPSA) is 104 Å². The first kappa shape index (κ1) is 20.6. The van der Waals surface area contributed by atoms with Gasteiger partial charge in [-0.25, -0.2) is 9.07 Å². The number of benzene rings is 2. The largest absolute Gasteiger partial charge is 0.493 e. The van der Waals surface area contributed by atoms with E-state index < -0.39 is 36.0 Å². The molecule has 29 heavy (non-hydrogen) atoms. The number of carbonyl (C=O) groups is 2. The highest BCUT2D eigenvalue weighted by Crippen LogP contribution is 2.29. The van der Waals surface area contributed by atoms with E-state index in [1.54, 1.807) is 0 Å². The van der Waals surface area contributed by atoms with Gasteiger partial charge in [0.05, 0.1) is 18.2 Å². The number of nitrogens with zero attached hydrogens (tertiary/aromatic N) is 2. The van der Waals surface area contributed by atoms with Crippen LogP contribution in [0.5, 0.6) is 5.88 Å². The summed E-state index contributed by atoms with van der Waals surface area (Å²) in [4.78, 5) is 23.9. The van der Waals surface area contributed by atoms with Crippen LogP contribution < -0.4 is 5.32 Å². The van der Waals surface area contributed by atoms with Gasteiger partial charge < -0.3 is 15.5 Å². The Balaban J connectivity index is 1.89. The number of hydrogen-bond acceptors (Lipinski definition) is 4. The van der Waals surface area contributed by atoms with Gasteiger partial charge in [0.2, 0.25) is 5.88 Å². The van der Waals surface area contributed by atoms with E-state index in [1.807, 2.05) is 0 Å². The number of hydrogen-bond donors (Lipinski definition) is 3. The molecule has 1 aromatic heterocycles.